The molecule has 8 heteroatoms. The van der Waals surface area contributed by atoms with Crippen molar-refractivity contribution in [3.05, 3.63) is 28.0 Å². The number of rotatable bonds is 6. The zero-order chi connectivity index (χ0) is 18.0. The first kappa shape index (κ1) is 17.7. The third-order valence-corrected chi connectivity index (χ3v) is 3.79. The van der Waals surface area contributed by atoms with Crippen LogP contribution in [-0.4, -0.2) is 33.1 Å². The summed E-state index contributed by atoms with van der Waals surface area (Å²) in [4.78, 5) is 40.0. The van der Waals surface area contributed by atoms with Gasteiger partial charge in [-0.1, -0.05) is 13.8 Å². The first-order valence-electron chi connectivity index (χ1n) is 7.68. The largest absolute Gasteiger partial charge is 0.481 e. The maximum Gasteiger partial charge on any atom is 0.308 e. The van der Waals surface area contributed by atoms with E-state index in [0.29, 0.717) is 6.42 Å². The topological polar surface area (TPSA) is 114 Å². The van der Waals surface area contributed by atoms with Crippen molar-refractivity contribution in [3.63, 3.8) is 0 Å². The minimum atomic E-state index is -0.963. The van der Waals surface area contributed by atoms with E-state index >= 15 is 0 Å². The zero-order valence-electron chi connectivity index (χ0n) is 14.1. The summed E-state index contributed by atoms with van der Waals surface area (Å²) in [5.41, 5.74) is -0.191. The lowest BCUT2D eigenvalue weighted by Crippen LogP contribution is -2.34. The van der Waals surface area contributed by atoms with Crippen molar-refractivity contribution in [2.75, 3.05) is 6.54 Å². The summed E-state index contributed by atoms with van der Waals surface area (Å²) < 4.78 is 6.63. The summed E-state index contributed by atoms with van der Waals surface area (Å²) in [5, 5.41) is 11.9. The first-order valence-corrected chi connectivity index (χ1v) is 7.68. The van der Waals surface area contributed by atoms with Crippen LogP contribution in [0.5, 0.6) is 0 Å². The third-order valence-electron chi connectivity index (χ3n) is 3.79. The number of carbonyl (C=O) groups is 2. The van der Waals surface area contributed by atoms with Gasteiger partial charge in [0.05, 0.1) is 11.5 Å². The highest BCUT2D eigenvalue weighted by atomic mass is 16.4. The van der Waals surface area contributed by atoms with Crippen LogP contribution in [0.25, 0.3) is 11.1 Å². The van der Waals surface area contributed by atoms with Crippen LogP contribution in [0.15, 0.2) is 15.5 Å². The minimum Gasteiger partial charge on any atom is -0.481 e. The molecular formula is C16H21N3O5. The molecule has 0 aliphatic rings. The lowest BCUT2D eigenvalue weighted by Gasteiger charge is -2.15. The second kappa shape index (κ2) is 6.86. The monoisotopic (exact) mass is 335 g/mol. The van der Waals surface area contributed by atoms with Gasteiger partial charge in [0, 0.05) is 13.6 Å². The molecule has 0 aliphatic heterocycles. The second-order valence-electron chi connectivity index (χ2n) is 6.25. The molecule has 0 radical (unpaired) electrons. The smallest absolute Gasteiger partial charge is 0.308 e. The van der Waals surface area contributed by atoms with Gasteiger partial charge in [-0.05, 0) is 19.3 Å². The predicted molar refractivity (Wildman–Crippen MR) is 86.9 cm³/mol. The number of furan rings is 1. The Kier molecular flexibility index (Phi) is 5.06. The van der Waals surface area contributed by atoms with Crippen LogP contribution in [0.3, 0.4) is 0 Å². The predicted octanol–water partition coefficient (Wildman–Crippen LogP) is 1.31. The van der Waals surface area contributed by atoms with Gasteiger partial charge in [-0.3, -0.25) is 14.4 Å². The number of aromatic nitrogens is 2. The number of carboxylic acids is 1. The Labute approximate surface area is 138 Å². The van der Waals surface area contributed by atoms with Gasteiger partial charge in [0.25, 0.3) is 11.5 Å². The van der Waals surface area contributed by atoms with E-state index in [1.807, 2.05) is 13.8 Å². The van der Waals surface area contributed by atoms with Crippen molar-refractivity contribution in [2.24, 2.45) is 18.9 Å². The quantitative estimate of drug-likeness (QED) is 0.822. The zero-order valence-corrected chi connectivity index (χ0v) is 14.1. The minimum absolute atomic E-state index is 0.0148. The highest BCUT2D eigenvalue weighted by molar-refractivity contribution is 6.06. The van der Waals surface area contributed by atoms with E-state index in [0.717, 1.165) is 0 Å². The number of nitrogens with zero attached hydrogens (tertiary/aromatic N) is 2. The van der Waals surface area contributed by atoms with Gasteiger partial charge < -0.3 is 19.4 Å². The number of amides is 1. The van der Waals surface area contributed by atoms with Crippen LogP contribution in [0.1, 0.15) is 36.4 Å². The van der Waals surface area contributed by atoms with Crippen LogP contribution in [0.4, 0.5) is 0 Å². The van der Waals surface area contributed by atoms with Crippen molar-refractivity contribution in [3.8, 4) is 0 Å². The molecule has 1 atom stereocenters. The van der Waals surface area contributed by atoms with Crippen LogP contribution < -0.4 is 10.9 Å². The standard InChI is InChI=1S/C16H21N3O5/c1-8(2)5-10(16(22)23)6-17-13(20)11-9(3)24-14-12(11)15(21)19(4)7-18-14/h7-8,10H,5-6H2,1-4H3,(H,17,20)(H,22,23). The highest BCUT2D eigenvalue weighted by Gasteiger charge is 2.25. The Balaban J connectivity index is 2.29. The molecule has 0 bridgehead atoms. The van der Waals surface area contributed by atoms with Crippen LogP contribution in [0, 0.1) is 18.8 Å². The summed E-state index contributed by atoms with van der Waals surface area (Å²) in [5.74, 6) is -1.72. The molecular weight excluding hydrogens is 314 g/mol. The normalized spacial score (nSPS) is 12.5. The fraction of sp³-hybridized carbons (Fsp3) is 0.500. The summed E-state index contributed by atoms with van der Waals surface area (Å²) >= 11 is 0. The van der Waals surface area contributed by atoms with Crippen molar-refractivity contribution < 1.29 is 19.1 Å². The molecule has 2 rings (SSSR count). The molecule has 24 heavy (non-hydrogen) atoms. The van der Waals surface area contributed by atoms with Crippen molar-refractivity contribution >= 4 is 23.0 Å². The molecule has 2 aromatic heterocycles. The van der Waals surface area contributed by atoms with Crippen molar-refractivity contribution in [2.45, 2.75) is 27.2 Å². The van der Waals surface area contributed by atoms with Gasteiger partial charge in [0.2, 0.25) is 5.71 Å². The molecule has 0 saturated carbocycles. The number of fused-ring (bicyclic) bond motifs is 1. The lowest BCUT2D eigenvalue weighted by atomic mass is 9.97. The van der Waals surface area contributed by atoms with Gasteiger partial charge in [-0.2, -0.15) is 0 Å². The van der Waals surface area contributed by atoms with E-state index in [1.165, 1.54) is 17.9 Å². The van der Waals surface area contributed by atoms with E-state index in [4.69, 9.17) is 4.42 Å². The number of aryl methyl sites for hydroxylation is 2. The molecule has 130 valence electrons. The van der Waals surface area contributed by atoms with E-state index in [2.05, 4.69) is 10.3 Å². The fourth-order valence-electron chi connectivity index (χ4n) is 2.61. The van der Waals surface area contributed by atoms with Crippen LogP contribution in [-0.2, 0) is 11.8 Å². The van der Waals surface area contributed by atoms with Crippen molar-refractivity contribution in [1.29, 1.82) is 0 Å². The Hall–Kier alpha value is -2.64. The van der Waals surface area contributed by atoms with E-state index in [9.17, 15) is 19.5 Å². The van der Waals surface area contributed by atoms with Crippen LogP contribution in [0.2, 0.25) is 0 Å². The molecule has 1 unspecified atom stereocenters. The van der Waals surface area contributed by atoms with E-state index < -0.39 is 17.8 Å². The average Bonchev–Trinajstić information content (AvgIpc) is 2.83. The number of carboxylic acid groups (broad SMARTS) is 1. The molecule has 0 aromatic carbocycles. The Morgan fingerprint density at radius 1 is 1.42 bits per heavy atom. The van der Waals surface area contributed by atoms with Gasteiger partial charge in [0.1, 0.15) is 17.5 Å². The molecule has 0 spiro atoms. The lowest BCUT2D eigenvalue weighted by molar-refractivity contribution is -0.142. The fourth-order valence-corrected chi connectivity index (χ4v) is 2.61. The van der Waals surface area contributed by atoms with Crippen molar-refractivity contribution in [1.82, 2.24) is 14.9 Å². The van der Waals surface area contributed by atoms with E-state index in [-0.39, 0.29) is 40.4 Å². The summed E-state index contributed by atoms with van der Waals surface area (Å²) in [6.07, 6.45) is 1.77. The Morgan fingerprint density at radius 2 is 2.08 bits per heavy atom. The number of hydrogen-bond acceptors (Lipinski definition) is 5. The summed E-state index contributed by atoms with van der Waals surface area (Å²) in [7, 11) is 1.53. The van der Waals surface area contributed by atoms with Gasteiger partial charge in [-0.25, -0.2) is 4.98 Å². The number of nitrogens with one attached hydrogen (secondary N) is 1. The SMILES string of the molecule is Cc1oc2ncn(C)c(=O)c2c1C(=O)NCC(CC(C)C)C(=O)O. The molecule has 2 heterocycles. The van der Waals surface area contributed by atoms with E-state index in [1.54, 1.807) is 6.92 Å². The maximum atomic E-state index is 12.5. The van der Waals surface area contributed by atoms with Crippen LogP contribution >= 0.6 is 0 Å². The molecule has 0 aliphatic carbocycles. The molecule has 1 amide bonds. The molecule has 8 nitrogen and oxygen atoms in total. The molecule has 0 fully saturated rings. The molecule has 2 N–H and O–H groups in total. The summed E-state index contributed by atoms with van der Waals surface area (Å²) in [6, 6.07) is 0. The molecule has 2 aromatic rings. The van der Waals surface area contributed by atoms with Gasteiger partial charge >= 0.3 is 5.97 Å². The number of carbonyl (C=O) groups excluding carboxylic acids is 1. The van der Waals surface area contributed by atoms with Gasteiger partial charge in [0.15, 0.2) is 0 Å². The average molecular weight is 335 g/mol. The number of aliphatic carboxylic acids is 1. The molecule has 0 saturated heterocycles. The number of hydrogen-bond donors (Lipinski definition) is 2. The third kappa shape index (κ3) is 3.47. The Morgan fingerprint density at radius 3 is 2.67 bits per heavy atom. The first-order chi connectivity index (χ1) is 11.2. The highest BCUT2D eigenvalue weighted by Crippen LogP contribution is 2.21. The Bertz CT molecular complexity index is 834. The second-order valence-corrected chi connectivity index (χ2v) is 6.25. The van der Waals surface area contributed by atoms with Gasteiger partial charge in [-0.15, -0.1) is 0 Å². The maximum absolute atomic E-state index is 12.5. The summed E-state index contributed by atoms with van der Waals surface area (Å²) in [6.45, 7) is 5.39.